The first kappa shape index (κ1) is 9.36. The maximum atomic E-state index is 10.8. The highest BCUT2D eigenvalue weighted by molar-refractivity contribution is 7.90. The number of H-pyrrole nitrogens is 1. The van der Waals surface area contributed by atoms with E-state index in [1.165, 1.54) is 0 Å². The van der Waals surface area contributed by atoms with Crippen molar-refractivity contribution in [3.8, 4) is 0 Å². The molecule has 2 N–H and O–H groups in total. The predicted molar refractivity (Wildman–Crippen MR) is 40.7 cm³/mol. The monoisotopic (exact) mass is 211 g/mol. The summed E-state index contributed by atoms with van der Waals surface area (Å²) < 4.78 is 23.7. The average molecular weight is 212 g/mol. The number of hydrogen-bond donors (Lipinski definition) is 2. The molecule has 12 heavy (non-hydrogen) atoms. The van der Waals surface area contributed by atoms with Gasteiger partial charge < -0.3 is 0 Å². The second-order valence-corrected chi connectivity index (χ2v) is 4.26. The van der Waals surface area contributed by atoms with Gasteiger partial charge in [0.25, 0.3) is 0 Å². The van der Waals surface area contributed by atoms with E-state index >= 15 is 0 Å². The van der Waals surface area contributed by atoms with Crippen molar-refractivity contribution in [1.29, 1.82) is 0 Å². The van der Waals surface area contributed by atoms with Gasteiger partial charge in [-0.2, -0.15) is 5.21 Å². The molecule has 0 saturated carbocycles. The first-order valence-corrected chi connectivity index (χ1v) is 5.08. The first-order valence-electron chi connectivity index (χ1n) is 2.89. The van der Waals surface area contributed by atoms with Gasteiger partial charge in [-0.15, -0.1) is 21.8 Å². The number of halogens is 1. The lowest BCUT2D eigenvalue weighted by molar-refractivity contribution is 0.584. The molecule has 9 heteroatoms. The number of nitrogens with zero attached hydrogens (tertiary/aromatic N) is 3. The van der Waals surface area contributed by atoms with E-state index in [1.807, 2.05) is 0 Å². The second-order valence-electron chi connectivity index (χ2n) is 1.87. The fourth-order valence-electron chi connectivity index (χ4n) is 0.470. The van der Waals surface area contributed by atoms with E-state index in [0.717, 1.165) is 0 Å². The first-order chi connectivity index (χ1) is 5.64. The summed E-state index contributed by atoms with van der Waals surface area (Å²) in [5.41, 5.74) is 0. The van der Waals surface area contributed by atoms with E-state index < -0.39 is 15.2 Å². The van der Waals surface area contributed by atoms with Crippen LogP contribution in [0.5, 0.6) is 0 Å². The topological polar surface area (TPSA) is 101 Å². The molecule has 0 aliphatic carbocycles. The van der Waals surface area contributed by atoms with Gasteiger partial charge in [0.05, 0.1) is 6.54 Å². The largest absolute Gasteiger partial charge is 0.226 e. The number of nitrogens with one attached hydrogen (secondary N) is 2. The van der Waals surface area contributed by atoms with E-state index in [4.69, 9.17) is 11.6 Å². The molecule has 0 aromatic carbocycles. The van der Waals surface area contributed by atoms with Crippen LogP contribution in [-0.2, 0) is 16.6 Å². The van der Waals surface area contributed by atoms with Gasteiger partial charge in [0, 0.05) is 0 Å². The SMILES string of the molecule is O=S(=O)(CCl)NCc1nn[nH]n1. The Morgan fingerprint density at radius 1 is 1.58 bits per heavy atom. The molecule has 1 rings (SSSR count). The molecule has 0 aliphatic heterocycles. The Kier molecular flexibility index (Phi) is 2.95. The molecule has 1 aromatic heterocycles. The maximum absolute atomic E-state index is 10.8. The van der Waals surface area contributed by atoms with Crippen molar-refractivity contribution in [2.24, 2.45) is 0 Å². The number of alkyl halides is 1. The van der Waals surface area contributed by atoms with Crippen molar-refractivity contribution >= 4 is 21.6 Å². The molecule has 1 heterocycles. The van der Waals surface area contributed by atoms with Crippen molar-refractivity contribution in [1.82, 2.24) is 25.3 Å². The van der Waals surface area contributed by atoms with Crippen LogP contribution in [0.4, 0.5) is 0 Å². The Hall–Kier alpha value is -0.730. The molecular formula is C3H6ClN5O2S. The van der Waals surface area contributed by atoms with Crippen LogP contribution in [-0.4, -0.2) is 34.3 Å². The number of aromatic nitrogens is 4. The van der Waals surface area contributed by atoms with Crippen molar-refractivity contribution in [3.63, 3.8) is 0 Å². The molecule has 0 fully saturated rings. The Balaban J connectivity index is 2.47. The van der Waals surface area contributed by atoms with E-state index in [1.54, 1.807) is 0 Å². The van der Waals surface area contributed by atoms with E-state index in [0.29, 0.717) is 0 Å². The fraction of sp³-hybridized carbons (Fsp3) is 0.667. The van der Waals surface area contributed by atoms with E-state index in [2.05, 4.69) is 25.3 Å². The second kappa shape index (κ2) is 3.78. The van der Waals surface area contributed by atoms with E-state index in [-0.39, 0.29) is 12.4 Å². The van der Waals surface area contributed by atoms with Gasteiger partial charge in [0.1, 0.15) is 5.21 Å². The molecule has 0 bridgehead atoms. The highest BCUT2D eigenvalue weighted by Gasteiger charge is 2.08. The van der Waals surface area contributed by atoms with Crippen LogP contribution >= 0.6 is 11.6 Å². The van der Waals surface area contributed by atoms with Gasteiger partial charge in [-0.1, -0.05) is 5.21 Å². The summed E-state index contributed by atoms with van der Waals surface area (Å²) in [5.74, 6) is 0.267. The summed E-state index contributed by atoms with van der Waals surface area (Å²) in [5, 5.41) is 12.0. The van der Waals surface area contributed by atoms with Crippen LogP contribution in [0.2, 0.25) is 0 Å². The lowest BCUT2D eigenvalue weighted by atomic mass is 10.7. The molecule has 0 atom stereocenters. The Morgan fingerprint density at radius 3 is 2.83 bits per heavy atom. The van der Waals surface area contributed by atoms with Crippen molar-refractivity contribution in [3.05, 3.63) is 5.82 Å². The lowest BCUT2D eigenvalue weighted by Crippen LogP contribution is -2.24. The number of sulfonamides is 1. The zero-order valence-corrected chi connectivity index (χ0v) is 7.43. The molecule has 0 radical (unpaired) electrons. The van der Waals surface area contributed by atoms with Crippen LogP contribution in [0.3, 0.4) is 0 Å². The van der Waals surface area contributed by atoms with Crippen LogP contribution in [0.15, 0.2) is 0 Å². The van der Waals surface area contributed by atoms with Gasteiger partial charge in [0.2, 0.25) is 10.0 Å². The molecule has 0 aliphatic rings. The molecular weight excluding hydrogens is 206 g/mol. The van der Waals surface area contributed by atoms with Crippen molar-refractivity contribution in [2.75, 3.05) is 5.21 Å². The van der Waals surface area contributed by atoms with Crippen molar-refractivity contribution in [2.45, 2.75) is 6.54 Å². The third-order valence-electron chi connectivity index (χ3n) is 0.983. The molecule has 7 nitrogen and oxygen atoms in total. The van der Waals surface area contributed by atoms with Gasteiger partial charge in [0.15, 0.2) is 5.82 Å². The molecule has 68 valence electrons. The van der Waals surface area contributed by atoms with Crippen LogP contribution in [0.1, 0.15) is 5.82 Å². The normalized spacial score (nSPS) is 11.8. The molecule has 0 spiro atoms. The zero-order valence-electron chi connectivity index (χ0n) is 5.86. The summed E-state index contributed by atoms with van der Waals surface area (Å²) in [6.45, 7) is -0.00838. The molecule has 1 aromatic rings. The Bertz CT molecular complexity index is 320. The third-order valence-corrected chi connectivity index (χ3v) is 2.72. The molecule has 0 amide bonds. The maximum Gasteiger partial charge on any atom is 0.226 e. The Morgan fingerprint density at radius 2 is 2.33 bits per heavy atom. The number of tetrazole rings is 1. The minimum Gasteiger partial charge on any atom is -0.211 e. The van der Waals surface area contributed by atoms with Crippen LogP contribution in [0.25, 0.3) is 0 Å². The fourth-order valence-corrected chi connectivity index (χ4v) is 1.13. The smallest absolute Gasteiger partial charge is 0.211 e. The standard InChI is InChI=1S/C3H6ClN5O2S/c4-2-12(10,11)5-1-3-6-8-9-7-3/h5H,1-2H2,(H,6,7,8,9). The highest BCUT2D eigenvalue weighted by atomic mass is 35.5. The summed E-state index contributed by atoms with van der Waals surface area (Å²) >= 11 is 5.12. The van der Waals surface area contributed by atoms with Crippen molar-refractivity contribution < 1.29 is 8.42 Å². The summed E-state index contributed by atoms with van der Waals surface area (Å²) in [6.07, 6.45) is 0. The summed E-state index contributed by atoms with van der Waals surface area (Å²) in [6, 6.07) is 0. The van der Waals surface area contributed by atoms with Gasteiger partial charge in [-0.05, 0) is 0 Å². The van der Waals surface area contributed by atoms with Gasteiger partial charge >= 0.3 is 0 Å². The predicted octanol–water partition coefficient (Wildman–Crippen LogP) is -1.18. The minimum atomic E-state index is -3.40. The zero-order chi connectivity index (χ0) is 9.03. The highest BCUT2D eigenvalue weighted by Crippen LogP contribution is 1.90. The average Bonchev–Trinajstić information content (AvgIpc) is 2.53. The number of aromatic amines is 1. The lowest BCUT2D eigenvalue weighted by Gasteiger charge is -1.97. The third kappa shape index (κ3) is 2.72. The minimum absolute atomic E-state index is 0.00838. The van der Waals surface area contributed by atoms with Crippen LogP contribution in [0, 0.1) is 0 Å². The van der Waals surface area contributed by atoms with E-state index in [9.17, 15) is 8.42 Å². The summed E-state index contributed by atoms with van der Waals surface area (Å²) in [4.78, 5) is 0. The molecule has 0 saturated heterocycles. The van der Waals surface area contributed by atoms with Gasteiger partial charge in [-0.3, -0.25) is 0 Å². The number of hydrogen-bond acceptors (Lipinski definition) is 5. The number of rotatable bonds is 4. The van der Waals surface area contributed by atoms with Gasteiger partial charge in [-0.25, -0.2) is 13.1 Å². The van der Waals surface area contributed by atoms with Crippen LogP contribution < -0.4 is 4.72 Å². The Labute approximate surface area is 73.5 Å². The molecule has 0 unspecified atom stereocenters. The summed E-state index contributed by atoms with van der Waals surface area (Å²) in [7, 11) is -3.40. The quantitative estimate of drug-likeness (QED) is 0.611.